The molecule has 0 saturated heterocycles. The van der Waals surface area contributed by atoms with Crippen LogP contribution in [0, 0.1) is 0 Å². The maximum absolute atomic E-state index is 12.5. The quantitative estimate of drug-likeness (QED) is 0.626. The summed E-state index contributed by atoms with van der Waals surface area (Å²) >= 11 is 12.8. The molecule has 3 aromatic rings. The molecule has 6 heteroatoms. The summed E-state index contributed by atoms with van der Waals surface area (Å²) in [5.74, 6) is 0. The molecule has 25 heavy (non-hydrogen) atoms. The van der Waals surface area contributed by atoms with Crippen LogP contribution in [-0.4, -0.2) is 9.13 Å². The smallest absolute Gasteiger partial charge is 0.251 e. The summed E-state index contributed by atoms with van der Waals surface area (Å²) in [4.78, 5) is 12.5. The number of fused-ring (bicyclic) bond motifs is 1. The van der Waals surface area contributed by atoms with Crippen molar-refractivity contribution >= 4 is 39.9 Å². The first-order valence-electron chi connectivity index (χ1n) is 8.54. The SMILES string of the molecule is Nc1cc(Cl)c(-n2ccc3c2ccc(=O)n3C2CCCCC2)c(Cl)c1. The molecule has 1 aliphatic carbocycles. The number of benzene rings is 1. The largest absolute Gasteiger partial charge is 0.399 e. The molecule has 1 fully saturated rings. The van der Waals surface area contributed by atoms with Gasteiger partial charge >= 0.3 is 0 Å². The molecule has 4 rings (SSSR count). The van der Waals surface area contributed by atoms with Gasteiger partial charge < -0.3 is 14.9 Å². The number of nitrogens with two attached hydrogens (primary N) is 1. The summed E-state index contributed by atoms with van der Waals surface area (Å²) in [5.41, 5.74) is 8.90. The molecule has 0 spiro atoms. The van der Waals surface area contributed by atoms with E-state index in [2.05, 4.69) is 0 Å². The Hall–Kier alpha value is -1.91. The van der Waals surface area contributed by atoms with Gasteiger partial charge in [-0.3, -0.25) is 4.79 Å². The highest BCUT2D eigenvalue weighted by atomic mass is 35.5. The molecule has 0 atom stereocenters. The van der Waals surface area contributed by atoms with Crippen LogP contribution in [0.2, 0.25) is 10.0 Å². The lowest BCUT2D eigenvalue weighted by Crippen LogP contribution is -2.25. The highest BCUT2D eigenvalue weighted by Crippen LogP contribution is 2.35. The van der Waals surface area contributed by atoms with Gasteiger partial charge in [-0.2, -0.15) is 0 Å². The van der Waals surface area contributed by atoms with E-state index in [1.54, 1.807) is 18.2 Å². The number of halogens is 2. The molecule has 1 saturated carbocycles. The lowest BCUT2D eigenvalue weighted by molar-refractivity contribution is 0.354. The predicted molar refractivity (Wildman–Crippen MR) is 104 cm³/mol. The van der Waals surface area contributed by atoms with Crippen molar-refractivity contribution in [1.82, 2.24) is 9.13 Å². The molecule has 0 radical (unpaired) electrons. The average molecular weight is 376 g/mol. The fourth-order valence-electron chi connectivity index (χ4n) is 3.88. The summed E-state index contributed by atoms with van der Waals surface area (Å²) in [7, 11) is 0. The standard InChI is InChI=1S/C19H19Cl2N3O/c20-14-10-12(22)11-15(21)19(14)23-9-8-17-16(23)6-7-18(25)24(17)13-4-2-1-3-5-13/h6-11,13H,1-5,22H2. The average Bonchev–Trinajstić information content (AvgIpc) is 2.98. The Morgan fingerprint density at radius 1 is 0.960 bits per heavy atom. The van der Waals surface area contributed by atoms with E-state index in [9.17, 15) is 4.79 Å². The molecular formula is C19H19Cl2N3O. The van der Waals surface area contributed by atoms with Crippen LogP contribution in [0.25, 0.3) is 16.7 Å². The molecule has 2 aromatic heterocycles. The van der Waals surface area contributed by atoms with Gasteiger partial charge in [0.1, 0.15) is 0 Å². The van der Waals surface area contributed by atoms with Gasteiger partial charge in [0, 0.05) is 24.0 Å². The minimum absolute atomic E-state index is 0.0478. The Balaban J connectivity index is 1.93. The second-order valence-electron chi connectivity index (χ2n) is 6.62. The van der Waals surface area contributed by atoms with Crippen LogP contribution >= 0.6 is 23.2 Å². The van der Waals surface area contributed by atoms with Crippen LogP contribution < -0.4 is 11.3 Å². The van der Waals surface area contributed by atoms with E-state index >= 15 is 0 Å². The van der Waals surface area contributed by atoms with Crippen molar-refractivity contribution in [3.63, 3.8) is 0 Å². The van der Waals surface area contributed by atoms with E-state index in [0.29, 0.717) is 21.4 Å². The van der Waals surface area contributed by atoms with Crippen molar-refractivity contribution in [3.05, 3.63) is 56.9 Å². The number of aromatic nitrogens is 2. The molecule has 0 unspecified atom stereocenters. The van der Waals surface area contributed by atoms with Crippen LogP contribution in [0.3, 0.4) is 0 Å². The van der Waals surface area contributed by atoms with Crippen LogP contribution in [0.5, 0.6) is 0 Å². The maximum atomic E-state index is 12.5. The summed E-state index contributed by atoms with van der Waals surface area (Å²) in [6.45, 7) is 0. The van der Waals surface area contributed by atoms with Crippen molar-refractivity contribution in [2.24, 2.45) is 0 Å². The molecule has 0 bridgehead atoms. The fourth-order valence-corrected chi connectivity index (χ4v) is 4.57. The van der Waals surface area contributed by atoms with E-state index in [1.165, 1.54) is 19.3 Å². The predicted octanol–water partition coefficient (Wildman–Crippen LogP) is 5.19. The molecule has 2 heterocycles. The normalized spacial score (nSPS) is 15.8. The number of nitrogens with zero attached hydrogens (tertiary/aromatic N) is 2. The second kappa shape index (κ2) is 6.43. The molecule has 2 N–H and O–H groups in total. The number of hydrogen-bond donors (Lipinski definition) is 1. The molecular weight excluding hydrogens is 357 g/mol. The third-order valence-corrected chi connectivity index (χ3v) is 5.58. The van der Waals surface area contributed by atoms with Gasteiger partial charge in [-0.25, -0.2) is 0 Å². The Bertz CT molecular complexity index is 977. The first-order valence-corrected chi connectivity index (χ1v) is 9.29. The summed E-state index contributed by atoms with van der Waals surface area (Å²) in [5, 5.41) is 0.968. The van der Waals surface area contributed by atoms with Crippen molar-refractivity contribution in [1.29, 1.82) is 0 Å². The molecule has 1 aromatic carbocycles. The number of pyridine rings is 1. The number of rotatable bonds is 2. The highest BCUT2D eigenvalue weighted by Gasteiger charge is 2.20. The number of anilines is 1. The van der Waals surface area contributed by atoms with Crippen LogP contribution in [0.1, 0.15) is 38.1 Å². The van der Waals surface area contributed by atoms with Crippen LogP contribution in [0.4, 0.5) is 5.69 Å². The Morgan fingerprint density at radius 2 is 1.64 bits per heavy atom. The van der Waals surface area contributed by atoms with E-state index < -0.39 is 0 Å². The first kappa shape index (κ1) is 16.6. The third kappa shape index (κ3) is 2.83. The van der Waals surface area contributed by atoms with Crippen LogP contribution in [0.15, 0.2) is 41.3 Å². The molecule has 4 nitrogen and oxygen atoms in total. The van der Waals surface area contributed by atoms with Gasteiger partial charge in [-0.15, -0.1) is 0 Å². The Kier molecular flexibility index (Phi) is 4.26. The van der Waals surface area contributed by atoms with Crippen molar-refractivity contribution in [3.8, 4) is 5.69 Å². The summed E-state index contributed by atoms with van der Waals surface area (Å²) in [6, 6.07) is 9.07. The van der Waals surface area contributed by atoms with Gasteiger partial charge in [-0.05, 0) is 37.1 Å². The van der Waals surface area contributed by atoms with E-state index in [1.807, 2.05) is 27.5 Å². The zero-order chi connectivity index (χ0) is 17.6. The van der Waals surface area contributed by atoms with Crippen LogP contribution in [-0.2, 0) is 0 Å². The Morgan fingerprint density at radius 3 is 2.32 bits per heavy atom. The fraction of sp³-hybridized carbons (Fsp3) is 0.316. The third-order valence-electron chi connectivity index (χ3n) is 5.00. The summed E-state index contributed by atoms with van der Waals surface area (Å²) in [6.07, 6.45) is 7.60. The molecule has 0 amide bonds. The monoisotopic (exact) mass is 375 g/mol. The minimum Gasteiger partial charge on any atom is -0.399 e. The van der Waals surface area contributed by atoms with Crippen molar-refractivity contribution in [2.45, 2.75) is 38.1 Å². The topological polar surface area (TPSA) is 52.9 Å². The van der Waals surface area contributed by atoms with E-state index in [-0.39, 0.29) is 11.6 Å². The first-order chi connectivity index (χ1) is 12.1. The van der Waals surface area contributed by atoms with Gasteiger partial charge in [0.05, 0.1) is 26.8 Å². The summed E-state index contributed by atoms with van der Waals surface area (Å²) < 4.78 is 3.86. The van der Waals surface area contributed by atoms with E-state index in [0.717, 1.165) is 23.9 Å². The van der Waals surface area contributed by atoms with Gasteiger partial charge in [0.15, 0.2) is 0 Å². The van der Waals surface area contributed by atoms with Crippen molar-refractivity contribution < 1.29 is 0 Å². The zero-order valence-electron chi connectivity index (χ0n) is 13.7. The zero-order valence-corrected chi connectivity index (χ0v) is 15.2. The Labute approximate surface area is 155 Å². The van der Waals surface area contributed by atoms with Gasteiger partial charge in [0.2, 0.25) is 0 Å². The van der Waals surface area contributed by atoms with E-state index in [4.69, 9.17) is 28.9 Å². The molecule has 1 aliphatic rings. The highest BCUT2D eigenvalue weighted by molar-refractivity contribution is 6.38. The number of hydrogen-bond acceptors (Lipinski definition) is 2. The van der Waals surface area contributed by atoms with Crippen molar-refractivity contribution in [2.75, 3.05) is 5.73 Å². The minimum atomic E-state index is 0.0478. The molecule has 0 aliphatic heterocycles. The van der Waals surface area contributed by atoms with Gasteiger partial charge in [0.25, 0.3) is 5.56 Å². The lowest BCUT2D eigenvalue weighted by atomic mass is 9.95. The second-order valence-corrected chi connectivity index (χ2v) is 7.44. The lowest BCUT2D eigenvalue weighted by Gasteiger charge is -2.25. The number of nitrogen functional groups attached to an aromatic ring is 1. The molecule has 130 valence electrons. The maximum Gasteiger partial charge on any atom is 0.251 e. The van der Waals surface area contributed by atoms with Gasteiger partial charge in [-0.1, -0.05) is 42.5 Å².